The minimum Gasteiger partial charge on any atom is -0.457 e. The van der Waals surface area contributed by atoms with Gasteiger partial charge < -0.3 is 10.5 Å². The first-order valence-electron chi connectivity index (χ1n) is 4.35. The standard InChI is InChI=1S/C12H10NO/c13-10-5-4-8-12(9-10)14-11-6-2-1-3-7-11/h1-4,6-9H,13H2. The fourth-order valence-corrected chi connectivity index (χ4v) is 1.15. The second-order valence-electron chi connectivity index (χ2n) is 2.89. The fraction of sp³-hybridized carbons (Fsp3) is 0. The van der Waals surface area contributed by atoms with E-state index < -0.39 is 0 Å². The summed E-state index contributed by atoms with van der Waals surface area (Å²) in [5.74, 6) is 1.53. The van der Waals surface area contributed by atoms with Crippen molar-refractivity contribution >= 4 is 5.69 Å². The molecule has 0 unspecified atom stereocenters. The Morgan fingerprint density at radius 2 is 1.79 bits per heavy atom. The monoisotopic (exact) mass is 184 g/mol. The molecule has 0 saturated carbocycles. The van der Waals surface area contributed by atoms with Gasteiger partial charge in [0.05, 0.1) is 0 Å². The van der Waals surface area contributed by atoms with E-state index in [1.165, 1.54) is 0 Å². The molecule has 2 aromatic rings. The Labute approximate surface area is 82.9 Å². The molecule has 0 aliphatic carbocycles. The quantitative estimate of drug-likeness (QED) is 0.728. The Morgan fingerprint density at radius 1 is 1.00 bits per heavy atom. The summed E-state index contributed by atoms with van der Waals surface area (Å²) >= 11 is 0. The van der Waals surface area contributed by atoms with Gasteiger partial charge in [-0.15, -0.1) is 0 Å². The summed E-state index contributed by atoms with van der Waals surface area (Å²) in [6, 6.07) is 17.7. The first-order valence-corrected chi connectivity index (χ1v) is 4.35. The van der Waals surface area contributed by atoms with Gasteiger partial charge in [-0.05, 0) is 24.3 Å². The normalized spacial score (nSPS) is 9.71. The van der Waals surface area contributed by atoms with Crippen molar-refractivity contribution in [1.29, 1.82) is 0 Å². The van der Waals surface area contributed by atoms with Gasteiger partial charge in [0.25, 0.3) is 0 Å². The van der Waals surface area contributed by atoms with Crippen molar-refractivity contribution in [1.82, 2.24) is 0 Å². The zero-order chi connectivity index (χ0) is 9.80. The molecule has 0 spiro atoms. The highest BCUT2D eigenvalue weighted by atomic mass is 16.5. The number of hydrogen-bond donors (Lipinski definition) is 1. The van der Waals surface area contributed by atoms with Crippen LogP contribution in [0.5, 0.6) is 11.5 Å². The van der Waals surface area contributed by atoms with E-state index in [0.29, 0.717) is 5.69 Å². The minimum absolute atomic E-state index is 0.582. The molecule has 0 atom stereocenters. The van der Waals surface area contributed by atoms with Gasteiger partial charge >= 0.3 is 0 Å². The van der Waals surface area contributed by atoms with Gasteiger partial charge in [0, 0.05) is 17.8 Å². The molecular formula is C12H10NO. The molecule has 2 N–H and O–H groups in total. The van der Waals surface area contributed by atoms with Crippen LogP contribution in [0.1, 0.15) is 0 Å². The van der Waals surface area contributed by atoms with Gasteiger partial charge in [-0.1, -0.05) is 18.2 Å². The van der Waals surface area contributed by atoms with E-state index in [4.69, 9.17) is 10.5 Å². The summed E-state index contributed by atoms with van der Waals surface area (Å²) in [6.07, 6.45) is 0. The van der Waals surface area contributed by atoms with E-state index in [-0.39, 0.29) is 0 Å². The van der Waals surface area contributed by atoms with E-state index in [2.05, 4.69) is 6.07 Å². The molecule has 14 heavy (non-hydrogen) atoms. The number of nitrogens with two attached hydrogens (primary N) is 1. The van der Waals surface area contributed by atoms with Crippen LogP contribution in [0.15, 0.2) is 48.5 Å². The maximum absolute atomic E-state index is 5.58. The van der Waals surface area contributed by atoms with Crippen LogP contribution in [0.25, 0.3) is 0 Å². The zero-order valence-corrected chi connectivity index (χ0v) is 7.60. The Hall–Kier alpha value is -1.96. The average Bonchev–Trinajstić information content (AvgIpc) is 2.19. The zero-order valence-electron chi connectivity index (χ0n) is 7.60. The number of hydrogen-bond acceptors (Lipinski definition) is 2. The summed E-state index contributed by atoms with van der Waals surface area (Å²) < 4.78 is 5.56. The fourth-order valence-electron chi connectivity index (χ4n) is 1.15. The third kappa shape index (κ3) is 2.04. The molecule has 0 heterocycles. The van der Waals surface area contributed by atoms with Gasteiger partial charge in [0.2, 0.25) is 0 Å². The maximum Gasteiger partial charge on any atom is 0.129 e. The van der Waals surface area contributed by atoms with E-state index >= 15 is 0 Å². The Morgan fingerprint density at radius 3 is 2.50 bits per heavy atom. The Kier molecular flexibility index (Phi) is 2.36. The van der Waals surface area contributed by atoms with Crippen LogP contribution in [-0.2, 0) is 0 Å². The number of rotatable bonds is 2. The average molecular weight is 184 g/mol. The van der Waals surface area contributed by atoms with Gasteiger partial charge in [0.15, 0.2) is 0 Å². The number of ether oxygens (including phenoxy) is 1. The molecule has 69 valence electrons. The van der Waals surface area contributed by atoms with Crippen LogP contribution < -0.4 is 10.5 Å². The molecule has 0 aliphatic heterocycles. The highest BCUT2D eigenvalue weighted by molar-refractivity contribution is 5.44. The van der Waals surface area contributed by atoms with E-state index in [1.54, 1.807) is 12.1 Å². The second kappa shape index (κ2) is 3.83. The summed E-state index contributed by atoms with van der Waals surface area (Å²) in [4.78, 5) is 0. The third-order valence-electron chi connectivity index (χ3n) is 1.77. The molecule has 0 fully saturated rings. The molecule has 0 aromatic heterocycles. The first-order chi connectivity index (χ1) is 6.84. The molecule has 2 aromatic carbocycles. The van der Waals surface area contributed by atoms with Crippen molar-refractivity contribution in [2.24, 2.45) is 0 Å². The van der Waals surface area contributed by atoms with Crippen molar-refractivity contribution in [2.75, 3.05) is 5.73 Å². The van der Waals surface area contributed by atoms with E-state index in [0.717, 1.165) is 11.5 Å². The Balaban J connectivity index is 2.19. The molecular weight excluding hydrogens is 174 g/mol. The van der Waals surface area contributed by atoms with Crippen molar-refractivity contribution in [2.45, 2.75) is 0 Å². The van der Waals surface area contributed by atoms with Crippen LogP contribution >= 0.6 is 0 Å². The summed E-state index contributed by atoms with van der Waals surface area (Å²) in [7, 11) is 0. The summed E-state index contributed by atoms with van der Waals surface area (Å²) in [6.45, 7) is 0. The lowest BCUT2D eigenvalue weighted by Crippen LogP contribution is -1.87. The van der Waals surface area contributed by atoms with Crippen LogP contribution in [0.2, 0.25) is 0 Å². The number of anilines is 1. The lowest BCUT2D eigenvalue weighted by Gasteiger charge is -2.04. The predicted molar refractivity (Wildman–Crippen MR) is 56.2 cm³/mol. The maximum atomic E-state index is 5.58. The molecule has 0 saturated heterocycles. The van der Waals surface area contributed by atoms with Gasteiger partial charge in [-0.25, -0.2) is 0 Å². The van der Waals surface area contributed by atoms with Gasteiger partial charge in [-0.2, -0.15) is 0 Å². The van der Waals surface area contributed by atoms with Crippen molar-refractivity contribution in [3.63, 3.8) is 0 Å². The lowest BCUT2D eigenvalue weighted by atomic mass is 10.3. The van der Waals surface area contributed by atoms with E-state index in [9.17, 15) is 0 Å². The van der Waals surface area contributed by atoms with Crippen LogP contribution in [0.4, 0.5) is 5.69 Å². The molecule has 2 rings (SSSR count). The predicted octanol–water partition coefficient (Wildman–Crippen LogP) is 2.86. The largest absolute Gasteiger partial charge is 0.457 e. The molecule has 0 aliphatic rings. The Bertz CT molecular complexity index is 412. The third-order valence-corrected chi connectivity index (χ3v) is 1.77. The van der Waals surface area contributed by atoms with Crippen molar-refractivity contribution < 1.29 is 4.74 Å². The van der Waals surface area contributed by atoms with Gasteiger partial charge in [0.1, 0.15) is 11.5 Å². The lowest BCUT2D eigenvalue weighted by molar-refractivity contribution is 0.483. The highest BCUT2D eigenvalue weighted by Crippen LogP contribution is 2.21. The molecule has 2 nitrogen and oxygen atoms in total. The smallest absolute Gasteiger partial charge is 0.129 e. The van der Waals surface area contributed by atoms with E-state index in [1.807, 2.05) is 36.4 Å². The van der Waals surface area contributed by atoms with Crippen LogP contribution in [0, 0.1) is 6.07 Å². The summed E-state index contributed by atoms with van der Waals surface area (Å²) in [5, 5.41) is 0. The topological polar surface area (TPSA) is 35.2 Å². The number of benzene rings is 2. The molecule has 1 radical (unpaired) electrons. The minimum atomic E-state index is 0.582. The molecule has 0 bridgehead atoms. The van der Waals surface area contributed by atoms with Crippen LogP contribution in [-0.4, -0.2) is 0 Å². The second-order valence-corrected chi connectivity index (χ2v) is 2.89. The van der Waals surface area contributed by atoms with Crippen molar-refractivity contribution in [3.05, 3.63) is 54.6 Å². The molecule has 2 heteroatoms. The van der Waals surface area contributed by atoms with Crippen LogP contribution in [0.3, 0.4) is 0 Å². The van der Waals surface area contributed by atoms with Crippen molar-refractivity contribution in [3.8, 4) is 11.5 Å². The SMILES string of the molecule is Nc1[c]ccc(Oc2ccccc2)c1. The number of nitrogen functional groups attached to an aromatic ring is 1. The number of para-hydroxylation sites is 1. The summed E-state index contributed by atoms with van der Waals surface area (Å²) in [5.41, 5.74) is 6.16. The first kappa shape index (κ1) is 8.63. The molecule has 0 amide bonds. The van der Waals surface area contributed by atoms with Gasteiger partial charge in [-0.3, -0.25) is 0 Å². The highest BCUT2D eigenvalue weighted by Gasteiger charge is 1.95.